The Hall–Kier alpha value is -3.33. The summed E-state index contributed by atoms with van der Waals surface area (Å²) in [4.78, 5) is 47.4. The third-order valence-corrected chi connectivity index (χ3v) is 7.00. The van der Waals surface area contributed by atoms with Crippen molar-refractivity contribution in [3.05, 3.63) is 53.3 Å². The molecule has 2 aromatic heterocycles. The Balaban J connectivity index is 1.60. The third-order valence-electron chi connectivity index (χ3n) is 6.19. The summed E-state index contributed by atoms with van der Waals surface area (Å²) >= 11 is 1.57. The average molecular weight is 452 g/mol. The number of nitrogens with zero attached hydrogens (tertiary/aromatic N) is 3. The van der Waals surface area contributed by atoms with Gasteiger partial charge in [-0.15, -0.1) is 11.3 Å². The van der Waals surface area contributed by atoms with Gasteiger partial charge in [0, 0.05) is 12.7 Å². The molecule has 0 unspecified atom stereocenters. The van der Waals surface area contributed by atoms with Crippen molar-refractivity contribution in [1.29, 1.82) is 0 Å². The van der Waals surface area contributed by atoms with Crippen LogP contribution < -0.4 is 11.1 Å². The highest BCUT2D eigenvalue weighted by Crippen LogP contribution is 2.39. The Morgan fingerprint density at radius 1 is 1.25 bits per heavy atom. The first kappa shape index (κ1) is 21.9. The van der Waals surface area contributed by atoms with Gasteiger partial charge in [-0.1, -0.05) is 26.3 Å². The molecule has 3 aromatic rings. The van der Waals surface area contributed by atoms with E-state index in [1.807, 2.05) is 18.2 Å². The van der Waals surface area contributed by atoms with E-state index in [4.69, 9.17) is 5.73 Å². The number of amides is 3. The quantitative estimate of drug-likeness (QED) is 0.590. The van der Waals surface area contributed by atoms with E-state index in [-0.39, 0.29) is 23.2 Å². The van der Waals surface area contributed by atoms with E-state index in [0.29, 0.717) is 12.5 Å². The van der Waals surface area contributed by atoms with E-state index in [1.54, 1.807) is 21.7 Å². The number of carbonyl (C=O) groups is 3. The van der Waals surface area contributed by atoms with Crippen LogP contribution in [0.15, 0.2) is 42.2 Å². The molecule has 0 spiro atoms. The van der Waals surface area contributed by atoms with Crippen molar-refractivity contribution in [1.82, 2.24) is 14.9 Å². The molecular weight excluding hydrogens is 426 g/mol. The van der Waals surface area contributed by atoms with Crippen LogP contribution in [0.1, 0.15) is 48.7 Å². The van der Waals surface area contributed by atoms with E-state index in [1.165, 1.54) is 18.5 Å². The number of hydrogen-bond donors (Lipinski definition) is 2. The summed E-state index contributed by atoms with van der Waals surface area (Å²) in [5.74, 6) is -1.31. The number of nitrogens with one attached hydrogen (secondary N) is 1. The Kier molecular flexibility index (Phi) is 6.18. The largest absolute Gasteiger partial charge is 0.366 e. The number of pyridine rings is 1. The predicted molar refractivity (Wildman–Crippen MR) is 123 cm³/mol. The van der Waals surface area contributed by atoms with Crippen molar-refractivity contribution in [2.45, 2.75) is 32.7 Å². The van der Waals surface area contributed by atoms with Crippen molar-refractivity contribution >= 4 is 45.0 Å². The highest BCUT2D eigenvalue weighted by atomic mass is 32.1. The van der Waals surface area contributed by atoms with Gasteiger partial charge in [-0.3, -0.25) is 19.4 Å². The highest BCUT2D eigenvalue weighted by Gasteiger charge is 2.38. The van der Waals surface area contributed by atoms with Crippen molar-refractivity contribution in [3.63, 3.8) is 0 Å². The molecule has 0 radical (unpaired) electrons. The smallest absolute Gasteiger partial charge is 0.313 e. The number of aromatic nitrogens is 2. The van der Waals surface area contributed by atoms with Crippen molar-refractivity contribution in [3.8, 4) is 0 Å². The second kappa shape index (κ2) is 9.04. The molecule has 1 saturated heterocycles. The zero-order chi connectivity index (χ0) is 22.8. The van der Waals surface area contributed by atoms with Gasteiger partial charge in [0.1, 0.15) is 0 Å². The first-order valence-electron chi connectivity index (χ1n) is 10.6. The van der Waals surface area contributed by atoms with E-state index in [9.17, 15) is 14.4 Å². The minimum atomic E-state index is -0.768. The summed E-state index contributed by atoms with van der Waals surface area (Å²) in [6.07, 6.45) is 4.47. The van der Waals surface area contributed by atoms with Gasteiger partial charge >= 0.3 is 11.8 Å². The number of thiazole rings is 1. The third kappa shape index (κ3) is 4.34. The van der Waals surface area contributed by atoms with Crippen molar-refractivity contribution < 1.29 is 14.4 Å². The maximum absolute atomic E-state index is 13.2. The lowest BCUT2D eigenvalue weighted by Crippen LogP contribution is -2.48. The van der Waals surface area contributed by atoms with Gasteiger partial charge in [0.2, 0.25) is 5.91 Å². The van der Waals surface area contributed by atoms with Crippen LogP contribution >= 0.6 is 11.3 Å². The molecule has 3 atom stereocenters. The van der Waals surface area contributed by atoms with Gasteiger partial charge in [-0.2, -0.15) is 0 Å². The Morgan fingerprint density at radius 3 is 2.81 bits per heavy atom. The van der Waals surface area contributed by atoms with Crippen LogP contribution in [-0.4, -0.2) is 39.1 Å². The van der Waals surface area contributed by atoms with Crippen LogP contribution in [0, 0.1) is 11.8 Å². The first-order valence-corrected chi connectivity index (χ1v) is 11.4. The number of anilines is 1. The number of benzene rings is 1. The number of fused-ring (bicyclic) bond motifs is 1. The number of primary amides is 1. The Morgan fingerprint density at radius 2 is 2.06 bits per heavy atom. The molecule has 0 bridgehead atoms. The van der Waals surface area contributed by atoms with Gasteiger partial charge < -0.3 is 16.0 Å². The van der Waals surface area contributed by atoms with Crippen LogP contribution in [0.5, 0.6) is 0 Å². The van der Waals surface area contributed by atoms with Crippen LogP contribution in [0.4, 0.5) is 5.69 Å². The van der Waals surface area contributed by atoms with Crippen molar-refractivity contribution in [2.24, 2.45) is 17.6 Å². The number of nitrogens with two attached hydrogens (primary N) is 1. The average Bonchev–Trinajstić information content (AvgIpc) is 3.26. The van der Waals surface area contributed by atoms with Gasteiger partial charge in [0.15, 0.2) is 0 Å². The summed E-state index contributed by atoms with van der Waals surface area (Å²) in [6.45, 7) is 4.77. The molecule has 1 fully saturated rings. The number of hydrogen-bond acceptors (Lipinski definition) is 6. The van der Waals surface area contributed by atoms with Gasteiger partial charge in [0.05, 0.1) is 39.2 Å². The second-order valence-corrected chi connectivity index (χ2v) is 9.10. The van der Waals surface area contributed by atoms with Crippen LogP contribution in [-0.2, 0) is 9.59 Å². The molecule has 3 N–H and O–H groups in total. The topological polar surface area (TPSA) is 118 Å². The zero-order valence-corrected chi connectivity index (χ0v) is 18.8. The molecule has 0 aliphatic carbocycles. The van der Waals surface area contributed by atoms with E-state index in [2.05, 4.69) is 29.1 Å². The number of likely N-dealkylation sites (tertiary alicyclic amines) is 1. The lowest BCUT2D eigenvalue weighted by atomic mass is 9.79. The number of carbonyl (C=O) groups excluding carboxylic acids is 3. The van der Waals surface area contributed by atoms with Crippen LogP contribution in [0.3, 0.4) is 0 Å². The molecule has 166 valence electrons. The SMILES string of the molecule is CC[C@H]1C[C@H](c2ccc3scnc3c2)N(C(=O)C(=O)Nc2cncc(C(N)=O)c2)C[C@H]1C. The van der Waals surface area contributed by atoms with Gasteiger partial charge in [-0.05, 0) is 42.0 Å². The Bertz CT molecular complexity index is 1180. The summed E-state index contributed by atoms with van der Waals surface area (Å²) in [5, 5.41) is 2.56. The van der Waals surface area contributed by atoms with E-state index >= 15 is 0 Å². The second-order valence-electron chi connectivity index (χ2n) is 8.21. The molecule has 1 aliphatic rings. The first-order chi connectivity index (χ1) is 15.4. The lowest BCUT2D eigenvalue weighted by molar-refractivity contribution is -0.147. The van der Waals surface area contributed by atoms with Crippen LogP contribution in [0.2, 0.25) is 0 Å². The lowest BCUT2D eigenvalue weighted by Gasteiger charge is -2.43. The van der Waals surface area contributed by atoms with Gasteiger partial charge in [-0.25, -0.2) is 4.98 Å². The monoisotopic (exact) mass is 451 g/mol. The molecule has 3 amide bonds. The molecule has 0 saturated carbocycles. The van der Waals surface area contributed by atoms with E-state index in [0.717, 1.165) is 28.6 Å². The fraction of sp³-hybridized carbons (Fsp3) is 0.348. The molecule has 8 nitrogen and oxygen atoms in total. The molecule has 1 aliphatic heterocycles. The Labute approximate surface area is 189 Å². The fourth-order valence-corrected chi connectivity index (χ4v) is 5.04. The van der Waals surface area contributed by atoms with Gasteiger partial charge in [0.25, 0.3) is 0 Å². The minimum Gasteiger partial charge on any atom is -0.366 e. The minimum absolute atomic E-state index is 0.155. The number of piperidine rings is 1. The maximum atomic E-state index is 13.2. The molecule has 9 heteroatoms. The fourth-order valence-electron chi connectivity index (χ4n) is 4.38. The van der Waals surface area contributed by atoms with Crippen molar-refractivity contribution in [2.75, 3.05) is 11.9 Å². The summed E-state index contributed by atoms with van der Waals surface area (Å²) in [5.41, 5.74) is 9.35. The zero-order valence-electron chi connectivity index (χ0n) is 17.9. The normalized spacial score (nSPS) is 20.8. The summed E-state index contributed by atoms with van der Waals surface area (Å²) in [7, 11) is 0. The molecule has 4 rings (SSSR count). The van der Waals surface area contributed by atoms with Crippen LogP contribution in [0.25, 0.3) is 10.2 Å². The molecule has 32 heavy (non-hydrogen) atoms. The molecular formula is C23H25N5O3S. The molecule has 1 aromatic carbocycles. The summed E-state index contributed by atoms with van der Waals surface area (Å²) < 4.78 is 1.09. The summed E-state index contributed by atoms with van der Waals surface area (Å²) in [6, 6.07) is 7.24. The van der Waals surface area contributed by atoms with E-state index < -0.39 is 17.7 Å². The number of rotatable bonds is 4. The standard InChI is InChI=1S/C23H25N5O3S/c1-3-14-8-19(15-4-5-20-18(7-15)26-12-32-20)28(11-13(14)2)23(31)22(30)27-17-6-16(21(24)29)9-25-10-17/h4-7,9-10,12-14,19H,3,8,11H2,1-2H3,(H2,24,29)(H,27,30)/t13-,14+,19-/m1/s1. The maximum Gasteiger partial charge on any atom is 0.313 e. The highest BCUT2D eigenvalue weighted by molar-refractivity contribution is 7.16. The molecule has 3 heterocycles. The predicted octanol–water partition coefficient (Wildman–Crippen LogP) is 3.36.